The Morgan fingerprint density at radius 2 is 1.95 bits per heavy atom. The Balaban J connectivity index is 2.42. The monoisotopic (exact) mass is 289 g/mol. The average Bonchev–Trinajstić information content (AvgIpc) is 2.48. The van der Waals surface area contributed by atoms with Gasteiger partial charge in [-0.2, -0.15) is 4.31 Å². The van der Waals surface area contributed by atoms with Gasteiger partial charge in [-0.1, -0.05) is 43.0 Å². The second-order valence-corrected chi connectivity index (χ2v) is 6.56. The zero-order valence-electron chi connectivity index (χ0n) is 11.4. The van der Waals surface area contributed by atoms with Crippen molar-refractivity contribution in [1.82, 2.24) is 4.31 Å². The van der Waals surface area contributed by atoms with Crippen LogP contribution in [0.15, 0.2) is 72.2 Å². The van der Waals surface area contributed by atoms with Crippen LogP contribution in [0.1, 0.15) is 12.8 Å². The van der Waals surface area contributed by atoms with Gasteiger partial charge in [0.2, 0.25) is 10.0 Å². The van der Waals surface area contributed by atoms with Crippen molar-refractivity contribution in [1.29, 1.82) is 0 Å². The highest BCUT2D eigenvalue weighted by Crippen LogP contribution is 2.28. The van der Waals surface area contributed by atoms with Crippen molar-refractivity contribution >= 4 is 10.0 Å². The zero-order chi connectivity index (χ0) is 14.6. The van der Waals surface area contributed by atoms with Gasteiger partial charge < -0.3 is 0 Å². The SMILES string of the molecule is C=CCC1C(C=C)=CCCN1S(=O)(=O)c1ccccc1. The van der Waals surface area contributed by atoms with Crippen LogP contribution in [-0.4, -0.2) is 25.3 Å². The summed E-state index contributed by atoms with van der Waals surface area (Å²) < 4.78 is 27.1. The van der Waals surface area contributed by atoms with Crippen molar-refractivity contribution in [2.24, 2.45) is 0 Å². The van der Waals surface area contributed by atoms with E-state index in [4.69, 9.17) is 0 Å². The molecule has 1 unspecified atom stereocenters. The van der Waals surface area contributed by atoms with E-state index in [0.717, 1.165) is 5.57 Å². The third-order valence-electron chi connectivity index (χ3n) is 3.44. The van der Waals surface area contributed by atoms with Gasteiger partial charge in [-0.15, -0.1) is 6.58 Å². The molecule has 0 saturated carbocycles. The van der Waals surface area contributed by atoms with Crippen LogP contribution in [0.25, 0.3) is 0 Å². The van der Waals surface area contributed by atoms with E-state index in [0.29, 0.717) is 24.3 Å². The summed E-state index contributed by atoms with van der Waals surface area (Å²) in [4.78, 5) is 0.333. The first-order valence-corrected chi connectivity index (χ1v) is 8.05. The van der Waals surface area contributed by atoms with E-state index in [2.05, 4.69) is 19.2 Å². The number of sulfonamides is 1. The summed E-state index contributed by atoms with van der Waals surface area (Å²) in [5.41, 5.74) is 0.954. The smallest absolute Gasteiger partial charge is 0.207 e. The Labute approximate surface area is 121 Å². The Morgan fingerprint density at radius 3 is 2.55 bits per heavy atom. The van der Waals surface area contributed by atoms with Gasteiger partial charge in [-0.25, -0.2) is 8.42 Å². The molecule has 2 rings (SSSR count). The van der Waals surface area contributed by atoms with Gasteiger partial charge in [0.25, 0.3) is 0 Å². The van der Waals surface area contributed by atoms with Crippen molar-refractivity contribution < 1.29 is 8.42 Å². The number of benzene rings is 1. The highest BCUT2D eigenvalue weighted by atomic mass is 32.2. The summed E-state index contributed by atoms with van der Waals surface area (Å²) in [7, 11) is -3.48. The minimum absolute atomic E-state index is 0.205. The molecule has 0 N–H and O–H groups in total. The highest BCUT2D eigenvalue weighted by Gasteiger charge is 2.33. The minimum atomic E-state index is -3.48. The van der Waals surface area contributed by atoms with Crippen LogP contribution in [0.3, 0.4) is 0 Å². The first-order valence-electron chi connectivity index (χ1n) is 6.61. The van der Waals surface area contributed by atoms with Gasteiger partial charge in [0, 0.05) is 6.54 Å². The molecule has 0 radical (unpaired) electrons. The first-order chi connectivity index (χ1) is 9.61. The van der Waals surface area contributed by atoms with E-state index < -0.39 is 10.0 Å². The lowest BCUT2D eigenvalue weighted by Crippen LogP contribution is -2.43. The molecule has 1 heterocycles. The maximum atomic E-state index is 12.8. The Bertz CT molecular complexity index is 617. The molecule has 1 atom stereocenters. The quantitative estimate of drug-likeness (QED) is 0.781. The second kappa shape index (κ2) is 6.20. The van der Waals surface area contributed by atoms with Gasteiger partial charge in [-0.05, 0) is 30.5 Å². The molecule has 0 aliphatic carbocycles. The molecule has 1 aliphatic rings. The molecule has 4 heteroatoms. The molecule has 0 saturated heterocycles. The Hall–Kier alpha value is -1.65. The molecule has 1 aliphatic heterocycles. The molecule has 1 aromatic carbocycles. The summed E-state index contributed by atoms with van der Waals surface area (Å²) in [5.74, 6) is 0. The fourth-order valence-corrected chi connectivity index (χ4v) is 4.12. The third-order valence-corrected chi connectivity index (χ3v) is 5.36. The first kappa shape index (κ1) is 14.8. The van der Waals surface area contributed by atoms with Gasteiger partial charge >= 0.3 is 0 Å². The lowest BCUT2D eigenvalue weighted by Gasteiger charge is -2.34. The number of nitrogens with zero attached hydrogens (tertiary/aromatic N) is 1. The van der Waals surface area contributed by atoms with Crippen molar-refractivity contribution in [3.63, 3.8) is 0 Å². The van der Waals surface area contributed by atoms with Crippen molar-refractivity contribution in [2.75, 3.05) is 6.54 Å². The Kier molecular flexibility index (Phi) is 4.57. The number of hydrogen-bond donors (Lipinski definition) is 0. The lowest BCUT2D eigenvalue weighted by molar-refractivity contribution is 0.345. The molecule has 0 amide bonds. The van der Waals surface area contributed by atoms with E-state index in [9.17, 15) is 8.42 Å². The number of hydrogen-bond acceptors (Lipinski definition) is 2. The largest absolute Gasteiger partial charge is 0.243 e. The van der Waals surface area contributed by atoms with Crippen LogP contribution in [-0.2, 0) is 10.0 Å². The second-order valence-electron chi connectivity index (χ2n) is 4.67. The zero-order valence-corrected chi connectivity index (χ0v) is 12.2. The fourth-order valence-electron chi connectivity index (χ4n) is 2.46. The predicted molar refractivity (Wildman–Crippen MR) is 81.8 cm³/mol. The van der Waals surface area contributed by atoms with Crippen molar-refractivity contribution in [3.8, 4) is 0 Å². The maximum Gasteiger partial charge on any atom is 0.243 e. The minimum Gasteiger partial charge on any atom is -0.207 e. The maximum absolute atomic E-state index is 12.8. The lowest BCUT2D eigenvalue weighted by atomic mass is 9.99. The van der Waals surface area contributed by atoms with E-state index >= 15 is 0 Å². The standard InChI is InChI=1S/C16H19NO2S/c1-3-9-16-14(4-2)10-8-13-17(16)20(18,19)15-11-6-5-7-12-15/h3-7,10-12,16H,1-2,8-9,13H2. The molecular weight excluding hydrogens is 270 g/mol. The van der Waals surface area contributed by atoms with Gasteiger partial charge in [0.1, 0.15) is 0 Å². The molecule has 0 aromatic heterocycles. The van der Waals surface area contributed by atoms with Crippen molar-refractivity contribution in [2.45, 2.75) is 23.8 Å². The van der Waals surface area contributed by atoms with E-state index in [1.54, 1.807) is 40.7 Å². The van der Waals surface area contributed by atoms with Crippen LogP contribution < -0.4 is 0 Å². The molecule has 0 bridgehead atoms. The highest BCUT2D eigenvalue weighted by molar-refractivity contribution is 7.89. The molecule has 0 spiro atoms. The molecular formula is C16H19NO2S. The number of rotatable bonds is 5. The topological polar surface area (TPSA) is 37.4 Å². The summed E-state index contributed by atoms with van der Waals surface area (Å²) in [5, 5.41) is 0. The van der Waals surface area contributed by atoms with Gasteiger partial charge in [0.15, 0.2) is 0 Å². The third kappa shape index (κ3) is 2.76. The van der Waals surface area contributed by atoms with E-state index in [-0.39, 0.29) is 6.04 Å². The molecule has 106 valence electrons. The fraction of sp³-hybridized carbons (Fsp3) is 0.250. The Morgan fingerprint density at radius 1 is 1.25 bits per heavy atom. The van der Waals surface area contributed by atoms with Gasteiger partial charge in [-0.3, -0.25) is 0 Å². The van der Waals surface area contributed by atoms with Crippen LogP contribution in [0.2, 0.25) is 0 Å². The summed E-state index contributed by atoms with van der Waals surface area (Å²) in [6.45, 7) is 8.00. The molecule has 20 heavy (non-hydrogen) atoms. The van der Waals surface area contributed by atoms with E-state index in [1.165, 1.54) is 0 Å². The molecule has 3 nitrogen and oxygen atoms in total. The van der Waals surface area contributed by atoms with Crippen LogP contribution in [0, 0.1) is 0 Å². The predicted octanol–water partition coefficient (Wildman–Crippen LogP) is 3.14. The average molecular weight is 289 g/mol. The summed E-state index contributed by atoms with van der Waals surface area (Å²) in [6, 6.07) is 8.35. The van der Waals surface area contributed by atoms with Crippen LogP contribution >= 0.6 is 0 Å². The van der Waals surface area contributed by atoms with Crippen molar-refractivity contribution in [3.05, 3.63) is 67.3 Å². The van der Waals surface area contributed by atoms with Gasteiger partial charge in [0.05, 0.1) is 10.9 Å². The van der Waals surface area contributed by atoms with Crippen LogP contribution in [0.5, 0.6) is 0 Å². The summed E-state index contributed by atoms with van der Waals surface area (Å²) >= 11 is 0. The van der Waals surface area contributed by atoms with Crippen LogP contribution in [0.4, 0.5) is 0 Å². The van der Waals surface area contributed by atoms with E-state index in [1.807, 2.05) is 6.07 Å². The molecule has 0 fully saturated rings. The summed E-state index contributed by atoms with van der Waals surface area (Å²) in [6.07, 6.45) is 6.84. The normalized spacial score (nSPS) is 20.2. The molecule has 1 aromatic rings.